The summed E-state index contributed by atoms with van der Waals surface area (Å²) in [7, 11) is 0. The summed E-state index contributed by atoms with van der Waals surface area (Å²) in [4.78, 5) is 33.3. The normalized spacial score (nSPS) is 11.5. The first-order valence-corrected chi connectivity index (χ1v) is 6.49. The van der Waals surface area contributed by atoms with Crippen LogP contribution in [-0.4, -0.2) is 29.1 Å². The average molecular weight is 293 g/mol. The molecule has 1 aromatic carbocycles. The van der Waals surface area contributed by atoms with Crippen molar-refractivity contribution in [1.82, 2.24) is 10.6 Å². The van der Waals surface area contributed by atoms with Crippen molar-refractivity contribution in [3.63, 3.8) is 0 Å². The van der Waals surface area contributed by atoms with Gasteiger partial charge in [0.25, 0.3) is 0 Å². The molecule has 7 nitrogen and oxygen atoms in total. The Hall–Kier alpha value is -2.57. The van der Waals surface area contributed by atoms with Crippen molar-refractivity contribution in [2.24, 2.45) is 5.73 Å². The molecule has 0 aliphatic rings. The van der Waals surface area contributed by atoms with Crippen LogP contribution in [0.5, 0.6) is 0 Å². The molecule has 7 heteroatoms. The van der Waals surface area contributed by atoms with Crippen LogP contribution in [0, 0.1) is 6.92 Å². The molecule has 3 amide bonds. The van der Waals surface area contributed by atoms with Crippen LogP contribution in [0.1, 0.15) is 24.0 Å². The van der Waals surface area contributed by atoms with E-state index < -0.39 is 23.9 Å². The number of nitrogens with two attached hydrogens (primary N) is 1. The van der Waals surface area contributed by atoms with Gasteiger partial charge in [-0.15, -0.1) is 0 Å². The lowest BCUT2D eigenvalue weighted by Crippen LogP contribution is -2.46. The molecule has 0 aliphatic carbocycles. The standard InChI is InChI=1S/C14H19N3O4/c1-9-3-2-4-10(7-9)8-16-14(21)17-11(13(19)20)5-6-12(15)18/h2-4,7,11H,5-6,8H2,1H3,(H2,15,18)(H,19,20)(H2,16,17,21)/t11-/m0/s1. The third kappa shape index (κ3) is 6.42. The Bertz CT molecular complexity index is 531. The Morgan fingerprint density at radius 2 is 2.05 bits per heavy atom. The van der Waals surface area contributed by atoms with E-state index in [4.69, 9.17) is 10.8 Å². The second kappa shape index (κ2) is 7.88. The van der Waals surface area contributed by atoms with Crippen molar-refractivity contribution in [3.05, 3.63) is 35.4 Å². The number of aliphatic carboxylic acids is 1. The summed E-state index contributed by atoms with van der Waals surface area (Å²) in [5.74, 6) is -1.81. The van der Waals surface area contributed by atoms with Crippen LogP contribution in [0.3, 0.4) is 0 Å². The van der Waals surface area contributed by atoms with Gasteiger partial charge in [-0.3, -0.25) is 4.79 Å². The number of hydrogen-bond donors (Lipinski definition) is 4. The van der Waals surface area contributed by atoms with Gasteiger partial charge in [0.2, 0.25) is 5.91 Å². The van der Waals surface area contributed by atoms with Gasteiger partial charge in [0.15, 0.2) is 0 Å². The monoisotopic (exact) mass is 293 g/mol. The third-order valence-electron chi connectivity index (χ3n) is 2.82. The van der Waals surface area contributed by atoms with Gasteiger partial charge < -0.3 is 21.5 Å². The van der Waals surface area contributed by atoms with E-state index in [1.807, 2.05) is 31.2 Å². The number of carboxylic acids is 1. The quantitative estimate of drug-likeness (QED) is 0.585. The first-order chi connectivity index (χ1) is 9.88. The zero-order chi connectivity index (χ0) is 15.8. The van der Waals surface area contributed by atoms with E-state index in [1.54, 1.807) is 0 Å². The van der Waals surface area contributed by atoms with Crippen LogP contribution in [0.25, 0.3) is 0 Å². The summed E-state index contributed by atoms with van der Waals surface area (Å²) in [6, 6.07) is 5.84. The van der Waals surface area contributed by atoms with Crippen LogP contribution in [-0.2, 0) is 16.1 Å². The molecule has 0 heterocycles. The highest BCUT2D eigenvalue weighted by atomic mass is 16.4. The van der Waals surface area contributed by atoms with Crippen LogP contribution < -0.4 is 16.4 Å². The number of carbonyl (C=O) groups is 3. The molecule has 0 aromatic heterocycles. The van der Waals surface area contributed by atoms with Crippen molar-refractivity contribution in [1.29, 1.82) is 0 Å². The molecule has 1 rings (SSSR count). The molecule has 21 heavy (non-hydrogen) atoms. The van der Waals surface area contributed by atoms with Crippen molar-refractivity contribution < 1.29 is 19.5 Å². The smallest absolute Gasteiger partial charge is 0.326 e. The van der Waals surface area contributed by atoms with Crippen molar-refractivity contribution >= 4 is 17.9 Å². The van der Waals surface area contributed by atoms with Gasteiger partial charge in [-0.2, -0.15) is 0 Å². The van der Waals surface area contributed by atoms with Crippen LogP contribution >= 0.6 is 0 Å². The maximum absolute atomic E-state index is 11.7. The summed E-state index contributed by atoms with van der Waals surface area (Å²) in [5, 5.41) is 13.8. The van der Waals surface area contributed by atoms with E-state index in [1.165, 1.54) is 0 Å². The number of amides is 3. The Morgan fingerprint density at radius 3 is 2.62 bits per heavy atom. The van der Waals surface area contributed by atoms with Gasteiger partial charge >= 0.3 is 12.0 Å². The lowest BCUT2D eigenvalue weighted by atomic mass is 10.1. The topological polar surface area (TPSA) is 122 Å². The summed E-state index contributed by atoms with van der Waals surface area (Å²) >= 11 is 0. The molecule has 0 bridgehead atoms. The van der Waals surface area contributed by atoms with Gasteiger partial charge in [0.1, 0.15) is 6.04 Å². The lowest BCUT2D eigenvalue weighted by molar-refractivity contribution is -0.139. The number of carbonyl (C=O) groups excluding carboxylic acids is 2. The fourth-order valence-corrected chi connectivity index (χ4v) is 1.76. The van der Waals surface area contributed by atoms with E-state index in [0.29, 0.717) is 0 Å². The average Bonchev–Trinajstić information content (AvgIpc) is 2.40. The summed E-state index contributed by atoms with van der Waals surface area (Å²) in [6.45, 7) is 2.23. The van der Waals surface area contributed by atoms with Crippen molar-refractivity contribution in [2.75, 3.05) is 0 Å². The molecule has 0 spiro atoms. The molecule has 1 atom stereocenters. The minimum absolute atomic E-state index is 0.0392. The number of benzene rings is 1. The van der Waals surface area contributed by atoms with Crippen LogP contribution in [0.4, 0.5) is 4.79 Å². The Morgan fingerprint density at radius 1 is 1.33 bits per heavy atom. The minimum Gasteiger partial charge on any atom is -0.480 e. The van der Waals surface area contributed by atoms with E-state index in [-0.39, 0.29) is 19.4 Å². The van der Waals surface area contributed by atoms with E-state index in [2.05, 4.69) is 10.6 Å². The van der Waals surface area contributed by atoms with Gasteiger partial charge in [0, 0.05) is 13.0 Å². The van der Waals surface area contributed by atoms with Gasteiger partial charge in [-0.05, 0) is 18.9 Å². The van der Waals surface area contributed by atoms with Crippen LogP contribution in [0.15, 0.2) is 24.3 Å². The Kier molecular flexibility index (Phi) is 6.19. The molecule has 0 aliphatic heterocycles. The number of rotatable bonds is 7. The molecule has 0 saturated heterocycles. The van der Waals surface area contributed by atoms with E-state index >= 15 is 0 Å². The number of nitrogens with one attached hydrogen (secondary N) is 2. The third-order valence-corrected chi connectivity index (χ3v) is 2.82. The zero-order valence-corrected chi connectivity index (χ0v) is 11.8. The number of urea groups is 1. The molecular weight excluding hydrogens is 274 g/mol. The highest BCUT2D eigenvalue weighted by Gasteiger charge is 2.20. The fraction of sp³-hybridized carbons (Fsp3) is 0.357. The highest BCUT2D eigenvalue weighted by Crippen LogP contribution is 2.03. The lowest BCUT2D eigenvalue weighted by Gasteiger charge is -2.14. The van der Waals surface area contributed by atoms with Crippen molar-refractivity contribution in [2.45, 2.75) is 32.4 Å². The molecule has 0 fully saturated rings. The molecule has 0 saturated carbocycles. The molecule has 0 radical (unpaired) electrons. The van der Waals surface area contributed by atoms with E-state index in [0.717, 1.165) is 11.1 Å². The SMILES string of the molecule is Cc1cccc(CNC(=O)N[C@@H](CCC(N)=O)C(=O)O)c1. The van der Waals surface area contributed by atoms with Gasteiger partial charge in [-0.25, -0.2) is 9.59 Å². The number of hydrogen-bond acceptors (Lipinski definition) is 3. The van der Waals surface area contributed by atoms with Gasteiger partial charge in [0.05, 0.1) is 0 Å². The fourth-order valence-electron chi connectivity index (χ4n) is 1.76. The molecular formula is C14H19N3O4. The number of aryl methyl sites for hydroxylation is 1. The predicted octanol–water partition coefficient (Wildman–Crippen LogP) is 0.513. The van der Waals surface area contributed by atoms with Gasteiger partial charge in [-0.1, -0.05) is 29.8 Å². The summed E-state index contributed by atoms with van der Waals surface area (Å²) in [5.41, 5.74) is 6.94. The highest BCUT2D eigenvalue weighted by molar-refractivity contribution is 5.83. The zero-order valence-electron chi connectivity index (χ0n) is 11.8. The second-order valence-corrected chi connectivity index (χ2v) is 4.71. The number of primary amides is 1. The van der Waals surface area contributed by atoms with Crippen LogP contribution in [0.2, 0.25) is 0 Å². The maximum atomic E-state index is 11.7. The minimum atomic E-state index is -1.21. The number of carboxylic acid groups (broad SMARTS) is 1. The molecule has 1 aromatic rings. The maximum Gasteiger partial charge on any atom is 0.326 e. The largest absolute Gasteiger partial charge is 0.480 e. The summed E-state index contributed by atoms with van der Waals surface area (Å²) in [6.07, 6.45) is -0.141. The second-order valence-electron chi connectivity index (χ2n) is 4.71. The Balaban J connectivity index is 2.46. The molecule has 114 valence electrons. The molecule has 0 unspecified atom stereocenters. The predicted molar refractivity (Wildman–Crippen MR) is 76.4 cm³/mol. The summed E-state index contributed by atoms with van der Waals surface area (Å²) < 4.78 is 0. The Labute approximate surface area is 122 Å². The first-order valence-electron chi connectivity index (χ1n) is 6.49. The van der Waals surface area contributed by atoms with Crippen molar-refractivity contribution in [3.8, 4) is 0 Å². The first kappa shape index (κ1) is 16.5. The molecule has 5 N–H and O–H groups in total. The van der Waals surface area contributed by atoms with E-state index in [9.17, 15) is 14.4 Å².